The minimum absolute atomic E-state index is 0.100. The van der Waals surface area contributed by atoms with Crippen molar-refractivity contribution in [2.24, 2.45) is 11.8 Å². The molecule has 0 aliphatic heterocycles. The van der Waals surface area contributed by atoms with Crippen molar-refractivity contribution >= 4 is 39.5 Å². The zero-order chi connectivity index (χ0) is 67.2. The zero-order valence-corrected chi connectivity index (χ0v) is 60.4. The lowest BCUT2D eigenvalue weighted by Gasteiger charge is -2.21. The summed E-state index contributed by atoms with van der Waals surface area (Å²) in [5.74, 6) is -0.596. The lowest BCUT2D eigenvalue weighted by molar-refractivity contribution is -0.161. The van der Waals surface area contributed by atoms with Gasteiger partial charge in [-0.05, 0) is 63.2 Å². The van der Waals surface area contributed by atoms with Gasteiger partial charge in [0.15, 0.2) is 12.2 Å². The molecule has 0 bridgehead atoms. The van der Waals surface area contributed by atoms with E-state index >= 15 is 0 Å². The van der Waals surface area contributed by atoms with Gasteiger partial charge >= 0.3 is 39.5 Å². The van der Waals surface area contributed by atoms with Gasteiger partial charge in [-0.2, -0.15) is 0 Å². The average molecular weight is 1340 g/mol. The number of aliphatic hydroxyl groups excluding tert-OH is 1. The summed E-state index contributed by atoms with van der Waals surface area (Å²) in [5, 5.41) is 10.6. The highest BCUT2D eigenvalue weighted by molar-refractivity contribution is 7.47. The highest BCUT2D eigenvalue weighted by Gasteiger charge is 2.30. The predicted octanol–water partition coefficient (Wildman–Crippen LogP) is 20.3. The predicted molar refractivity (Wildman–Crippen MR) is 367 cm³/mol. The molecule has 0 heterocycles. The smallest absolute Gasteiger partial charge is 0.462 e. The maximum absolute atomic E-state index is 13.0. The molecule has 0 saturated heterocycles. The SMILES string of the molecule is CCCCCC/C=C\C=C/CCCCCCCC(=O)OC[C@H](COP(=O)(O)OC[C@@H](O)COP(=O)(O)OC[C@@H](COC(=O)CCCCCCCCC)OC(=O)CCCCCCCCCCC(C)CC)OC(=O)CCCCCCCCCCCCCCCCC(C)C. The molecule has 536 valence electrons. The molecule has 0 amide bonds. The number of allylic oxidation sites excluding steroid dienone is 4. The van der Waals surface area contributed by atoms with Crippen molar-refractivity contribution in [1.82, 2.24) is 0 Å². The second-order valence-electron chi connectivity index (χ2n) is 26.0. The Kier molecular flexibility index (Phi) is 61.9. The minimum Gasteiger partial charge on any atom is -0.462 e. The van der Waals surface area contributed by atoms with Gasteiger partial charge < -0.3 is 33.8 Å². The van der Waals surface area contributed by atoms with Gasteiger partial charge in [0.25, 0.3) is 0 Å². The van der Waals surface area contributed by atoms with Crippen molar-refractivity contribution in [3.63, 3.8) is 0 Å². The summed E-state index contributed by atoms with van der Waals surface area (Å²) < 4.78 is 68.2. The standard InChI is InChI=1S/C72H136O17P2/c1-7-10-12-14-16-17-18-19-20-24-27-30-37-43-49-55-70(75)83-61-68(88-71(76)56-50-44-38-31-28-25-22-21-23-26-29-35-40-46-52-64(4)5)63-87-91(80,81)85-59-66(73)58-84-90(78,79)86-62-67(60-82-69(74)54-48-42-34-15-13-11-8-2)89-72(77)57-51-45-39-33-32-36-41-47-53-65(6)9-3/h17-20,64-68,73H,7-16,21-63H2,1-6H3,(H,78,79)(H,80,81)/b18-17-,20-19-/t65?,66-,67+,68+/m0/s1. The topological polar surface area (TPSA) is 237 Å². The molecule has 3 N–H and O–H groups in total. The monoisotopic (exact) mass is 1330 g/mol. The Morgan fingerprint density at radius 1 is 0.363 bits per heavy atom. The van der Waals surface area contributed by atoms with E-state index in [0.717, 1.165) is 134 Å². The van der Waals surface area contributed by atoms with Crippen LogP contribution in [0.15, 0.2) is 24.3 Å². The van der Waals surface area contributed by atoms with Crippen LogP contribution >= 0.6 is 15.6 Å². The molecule has 0 aromatic carbocycles. The summed E-state index contributed by atoms with van der Waals surface area (Å²) in [6.45, 7) is 9.47. The van der Waals surface area contributed by atoms with E-state index in [2.05, 4.69) is 65.8 Å². The Morgan fingerprint density at radius 2 is 0.648 bits per heavy atom. The molecule has 0 aromatic heterocycles. The molecule has 6 atom stereocenters. The van der Waals surface area contributed by atoms with Crippen LogP contribution in [0.25, 0.3) is 0 Å². The average Bonchev–Trinajstić information content (AvgIpc) is 3.70. The maximum Gasteiger partial charge on any atom is 0.472 e. The number of carbonyl (C=O) groups is 4. The van der Waals surface area contributed by atoms with Crippen molar-refractivity contribution in [3.05, 3.63) is 24.3 Å². The second kappa shape index (κ2) is 63.6. The first-order valence-corrected chi connectivity index (χ1v) is 39.8. The molecule has 0 fully saturated rings. The van der Waals surface area contributed by atoms with Gasteiger partial charge in [-0.1, -0.05) is 291 Å². The molecule has 0 aliphatic rings. The van der Waals surface area contributed by atoms with Crippen molar-refractivity contribution in [2.75, 3.05) is 39.6 Å². The number of aliphatic hydroxyl groups is 1. The lowest BCUT2D eigenvalue weighted by atomic mass is 9.99. The maximum atomic E-state index is 13.0. The number of carbonyl (C=O) groups excluding carboxylic acids is 4. The fourth-order valence-electron chi connectivity index (χ4n) is 10.4. The van der Waals surface area contributed by atoms with E-state index in [1.165, 1.54) is 128 Å². The van der Waals surface area contributed by atoms with Crippen LogP contribution < -0.4 is 0 Å². The van der Waals surface area contributed by atoms with Crippen LogP contribution in [0.1, 0.15) is 343 Å². The van der Waals surface area contributed by atoms with Gasteiger partial charge in [-0.15, -0.1) is 0 Å². The number of phosphoric ester groups is 2. The van der Waals surface area contributed by atoms with E-state index in [1.54, 1.807) is 0 Å². The number of hydrogen-bond acceptors (Lipinski definition) is 15. The van der Waals surface area contributed by atoms with Crippen LogP contribution in [0.3, 0.4) is 0 Å². The van der Waals surface area contributed by atoms with Gasteiger partial charge in [0.2, 0.25) is 0 Å². The van der Waals surface area contributed by atoms with Gasteiger partial charge in [0, 0.05) is 25.7 Å². The molecule has 0 spiro atoms. The minimum atomic E-state index is -4.96. The van der Waals surface area contributed by atoms with Crippen LogP contribution in [0.5, 0.6) is 0 Å². The highest BCUT2D eigenvalue weighted by Crippen LogP contribution is 2.45. The molecular weight excluding hydrogens is 1200 g/mol. The summed E-state index contributed by atoms with van der Waals surface area (Å²) in [6.07, 6.45) is 52.2. The summed E-state index contributed by atoms with van der Waals surface area (Å²) in [4.78, 5) is 72.5. The molecule has 19 heteroatoms. The molecule has 0 aromatic rings. The van der Waals surface area contributed by atoms with E-state index in [1.807, 2.05) is 0 Å². The lowest BCUT2D eigenvalue weighted by Crippen LogP contribution is -2.30. The number of ether oxygens (including phenoxy) is 4. The molecule has 0 rings (SSSR count). The number of unbranched alkanes of at least 4 members (excludes halogenated alkanes) is 35. The first kappa shape index (κ1) is 88.5. The molecular formula is C72H136O17P2. The van der Waals surface area contributed by atoms with E-state index in [0.29, 0.717) is 25.7 Å². The summed E-state index contributed by atoms with van der Waals surface area (Å²) in [6, 6.07) is 0. The number of hydrogen-bond donors (Lipinski definition) is 3. The Hall–Kier alpha value is -2.46. The van der Waals surface area contributed by atoms with Crippen molar-refractivity contribution in [1.29, 1.82) is 0 Å². The van der Waals surface area contributed by atoms with Crippen LogP contribution in [-0.2, 0) is 65.4 Å². The Bertz CT molecular complexity index is 1860. The third-order valence-corrected chi connectivity index (χ3v) is 18.3. The molecule has 3 unspecified atom stereocenters. The fraction of sp³-hybridized carbons (Fsp3) is 0.889. The highest BCUT2D eigenvalue weighted by atomic mass is 31.2. The summed E-state index contributed by atoms with van der Waals surface area (Å²) in [7, 11) is -9.91. The Morgan fingerprint density at radius 3 is 0.989 bits per heavy atom. The van der Waals surface area contributed by atoms with Crippen LogP contribution in [0, 0.1) is 11.8 Å². The number of esters is 4. The third-order valence-electron chi connectivity index (χ3n) is 16.4. The molecule has 91 heavy (non-hydrogen) atoms. The summed E-state index contributed by atoms with van der Waals surface area (Å²) >= 11 is 0. The van der Waals surface area contributed by atoms with Crippen molar-refractivity contribution in [2.45, 2.75) is 362 Å². The first-order valence-electron chi connectivity index (χ1n) is 36.8. The Labute approximate surface area is 554 Å². The third kappa shape index (κ3) is 64.6. The zero-order valence-electron chi connectivity index (χ0n) is 58.6. The van der Waals surface area contributed by atoms with E-state index < -0.39 is 97.5 Å². The van der Waals surface area contributed by atoms with E-state index in [9.17, 15) is 43.2 Å². The molecule has 0 radical (unpaired) electrons. The first-order chi connectivity index (χ1) is 43.9. The quantitative estimate of drug-likeness (QED) is 0.0169. The number of phosphoric acid groups is 2. The van der Waals surface area contributed by atoms with Gasteiger partial charge in [-0.3, -0.25) is 37.3 Å². The van der Waals surface area contributed by atoms with Crippen LogP contribution in [0.2, 0.25) is 0 Å². The van der Waals surface area contributed by atoms with Crippen molar-refractivity contribution < 1.29 is 80.2 Å². The largest absolute Gasteiger partial charge is 0.472 e. The Balaban J connectivity index is 5.25. The van der Waals surface area contributed by atoms with E-state index in [4.69, 9.17) is 37.0 Å². The molecule has 17 nitrogen and oxygen atoms in total. The van der Waals surface area contributed by atoms with Crippen LogP contribution in [-0.4, -0.2) is 96.7 Å². The molecule has 0 saturated carbocycles. The van der Waals surface area contributed by atoms with Gasteiger partial charge in [0.05, 0.1) is 26.4 Å². The normalized spacial score (nSPS) is 14.6. The van der Waals surface area contributed by atoms with Crippen molar-refractivity contribution in [3.8, 4) is 0 Å². The van der Waals surface area contributed by atoms with Crippen LogP contribution in [0.4, 0.5) is 0 Å². The second-order valence-corrected chi connectivity index (χ2v) is 28.9. The van der Waals surface area contributed by atoms with Gasteiger partial charge in [-0.25, -0.2) is 9.13 Å². The summed E-state index contributed by atoms with van der Waals surface area (Å²) in [5.41, 5.74) is 0. The van der Waals surface area contributed by atoms with E-state index in [-0.39, 0.29) is 25.7 Å². The molecule has 0 aliphatic carbocycles. The fourth-order valence-corrected chi connectivity index (χ4v) is 12.0. The van der Waals surface area contributed by atoms with Gasteiger partial charge in [0.1, 0.15) is 19.3 Å². The number of rotatable bonds is 69.